The second kappa shape index (κ2) is 10.2. The van der Waals surface area contributed by atoms with E-state index in [1.807, 2.05) is 59.3 Å². The fourth-order valence-corrected chi connectivity index (χ4v) is 4.53. The molecule has 0 aliphatic carbocycles. The second-order valence-corrected chi connectivity index (χ2v) is 9.04. The molecule has 2 atom stereocenters. The number of nitrogens with one attached hydrogen (secondary N) is 1. The number of benzene rings is 2. The van der Waals surface area contributed by atoms with Crippen molar-refractivity contribution in [2.24, 2.45) is 0 Å². The molecule has 1 saturated heterocycles. The monoisotopic (exact) mass is 470 g/mol. The van der Waals surface area contributed by atoms with Gasteiger partial charge >= 0.3 is 0 Å². The molecule has 0 spiro atoms. The Balaban J connectivity index is 1.41. The molecule has 2 aromatic carbocycles. The first-order valence-corrected chi connectivity index (χ1v) is 12.1. The van der Waals surface area contributed by atoms with E-state index >= 15 is 0 Å². The topological polar surface area (TPSA) is 85.2 Å². The lowest BCUT2D eigenvalue weighted by atomic mass is 10.1. The largest absolute Gasteiger partial charge is 0.372 e. The van der Waals surface area contributed by atoms with Crippen LogP contribution in [0.3, 0.4) is 0 Å². The summed E-state index contributed by atoms with van der Waals surface area (Å²) in [5.41, 5.74) is 3.86. The van der Waals surface area contributed by atoms with E-state index in [4.69, 9.17) is 14.7 Å². The van der Waals surface area contributed by atoms with E-state index in [0.29, 0.717) is 17.6 Å². The first kappa shape index (κ1) is 23.0. The molecular formula is C27H30N6O2. The molecule has 2 aromatic heterocycles. The molecule has 0 unspecified atom stereocenters. The van der Waals surface area contributed by atoms with E-state index in [-0.39, 0.29) is 18.1 Å². The number of aromatic nitrogens is 4. The number of aryl methyl sites for hydroxylation is 1. The van der Waals surface area contributed by atoms with Crippen molar-refractivity contribution in [2.45, 2.75) is 39.0 Å². The molecule has 35 heavy (non-hydrogen) atoms. The third-order valence-corrected chi connectivity index (χ3v) is 6.11. The quantitative estimate of drug-likeness (QED) is 0.412. The number of carbonyl (C=O) groups is 1. The number of fused-ring (bicyclic) bond motifs is 1. The lowest BCUT2D eigenvalue weighted by molar-refractivity contribution is -0.00542. The molecule has 5 rings (SSSR count). The minimum Gasteiger partial charge on any atom is -0.372 e. The molecule has 180 valence electrons. The molecule has 4 aromatic rings. The Bertz CT molecular complexity index is 1280. The number of hydrogen-bond acceptors (Lipinski definition) is 6. The zero-order chi connectivity index (χ0) is 24.2. The first-order valence-electron chi connectivity index (χ1n) is 12.1. The molecule has 0 bridgehead atoms. The van der Waals surface area contributed by atoms with Gasteiger partial charge in [-0.25, -0.2) is 15.0 Å². The van der Waals surface area contributed by atoms with Gasteiger partial charge in [-0.1, -0.05) is 30.3 Å². The number of nitrogens with zero attached hydrogens (tertiary/aromatic N) is 5. The predicted octanol–water partition coefficient (Wildman–Crippen LogP) is 3.93. The van der Waals surface area contributed by atoms with Crippen molar-refractivity contribution in [1.82, 2.24) is 24.8 Å². The molecule has 8 nitrogen and oxygen atoms in total. The summed E-state index contributed by atoms with van der Waals surface area (Å²) in [6.07, 6.45) is 6.50. The highest BCUT2D eigenvalue weighted by Crippen LogP contribution is 2.31. The summed E-state index contributed by atoms with van der Waals surface area (Å²) >= 11 is 0. The van der Waals surface area contributed by atoms with Gasteiger partial charge < -0.3 is 19.5 Å². The molecule has 1 fully saturated rings. The third kappa shape index (κ3) is 5.33. The van der Waals surface area contributed by atoms with Crippen LogP contribution in [0.25, 0.3) is 22.3 Å². The molecular weight excluding hydrogens is 440 g/mol. The number of anilines is 1. The molecule has 1 amide bonds. The van der Waals surface area contributed by atoms with Crippen molar-refractivity contribution in [3.05, 3.63) is 72.8 Å². The van der Waals surface area contributed by atoms with Crippen LogP contribution in [0.4, 0.5) is 5.82 Å². The Morgan fingerprint density at radius 1 is 1.06 bits per heavy atom. The van der Waals surface area contributed by atoms with Crippen molar-refractivity contribution in [1.29, 1.82) is 0 Å². The average Bonchev–Trinajstić information content (AvgIpc) is 3.39. The van der Waals surface area contributed by atoms with Crippen molar-refractivity contribution >= 4 is 22.8 Å². The number of imidazole rings is 1. The van der Waals surface area contributed by atoms with Gasteiger partial charge in [0.2, 0.25) is 0 Å². The maximum absolute atomic E-state index is 12.8. The van der Waals surface area contributed by atoms with E-state index in [1.54, 1.807) is 12.5 Å². The summed E-state index contributed by atoms with van der Waals surface area (Å²) in [4.78, 5) is 29.1. The summed E-state index contributed by atoms with van der Waals surface area (Å²) in [7, 11) is 0. The van der Waals surface area contributed by atoms with Crippen LogP contribution < -0.4 is 10.2 Å². The van der Waals surface area contributed by atoms with Crippen LogP contribution in [0.15, 0.2) is 67.3 Å². The highest BCUT2D eigenvalue weighted by molar-refractivity contribution is 5.97. The number of carbonyl (C=O) groups excluding carboxylic acids is 1. The van der Waals surface area contributed by atoms with Gasteiger partial charge in [0.15, 0.2) is 5.82 Å². The maximum Gasteiger partial charge on any atom is 0.251 e. The zero-order valence-electron chi connectivity index (χ0n) is 20.1. The standard InChI is InChI=1S/C27H30N6O2/c1-19-16-33(17-20(2)35-19)26-25(21-7-4-3-5-8-21)30-24-15-22(9-10-23(24)31-26)27(34)29-11-6-13-32-14-12-28-18-32/h3-5,7-10,12,14-15,18-20H,6,11,13,16-17H2,1-2H3,(H,29,34)/t19-,20+. The summed E-state index contributed by atoms with van der Waals surface area (Å²) in [6.45, 7) is 7.07. The number of amides is 1. The predicted molar refractivity (Wildman–Crippen MR) is 136 cm³/mol. The SMILES string of the molecule is C[C@@H]1CN(c2nc3ccc(C(=O)NCCCn4ccnc4)cc3nc2-c2ccccc2)C[C@H](C)O1. The van der Waals surface area contributed by atoms with Gasteiger partial charge in [0, 0.05) is 49.7 Å². The van der Waals surface area contributed by atoms with E-state index < -0.39 is 0 Å². The minimum atomic E-state index is -0.111. The fraction of sp³-hybridized carbons (Fsp3) is 0.333. The number of morpholine rings is 1. The molecule has 1 N–H and O–H groups in total. The van der Waals surface area contributed by atoms with E-state index in [9.17, 15) is 4.79 Å². The van der Waals surface area contributed by atoms with Crippen LogP contribution in [0.1, 0.15) is 30.6 Å². The Labute approximate surface area is 205 Å². The number of hydrogen-bond donors (Lipinski definition) is 1. The van der Waals surface area contributed by atoms with Gasteiger partial charge in [0.1, 0.15) is 5.69 Å². The van der Waals surface area contributed by atoms with Gasteiger partial charge in [-0.15, -0.1) is 0 Å². The van der Waals surface area contributed by atoms with Gasteiger partial charge in [-0.2, -0.15) is 0 Å². The molecule has 3 heterocycles. The fourth-order valence-electron chi connectivity index (χ4n) is 4.53. The molecule has 0 saturated carbocycles. The molecule has 1 aliphatic heterocycles. The van der Waals surface area contributed by atoms with Crippen molar-refractivity contribution in [3.8, 4) is 11.3 Å². The van der Waals surface area contributed by atoms with Crippen LogP contribution in [0.2, 0.25) is 0 Å². The van der Waals surface area contributed by atoms with Crippen LogP contribution >= 0.6 is 0 Å². The van der Waals surface area contributed by atoms with Gasteiger partial charge in [0.05, 0.1) is 29.6 Å². The van der Waals surface area contributed by atoms with Gasteiger partial charge in [-0.05, 0) is 38.5 Å². The summed E-state index contributed by atoms with van der Waals surface area (Å²) in [6, 6.07) is 15.6. The summed E-state index contributed by atoms with van der Waals surface area (Å²) in [5, 5.41) is 3.00. The Morgan fingerprint density at radius 2 is 1.86 bits per heavy atom. The Kier molecular flexibility index (Phi) is 6.72. The molecule has 0 radical (unpaired) electrons. The van der Waals surface area contributed by atoms with Crippen LogP contribution in [0.5, 0.6) is 0 Å². The van der Waals surface area contributed by atoms with Gasteiger partial charge in [0.25, 0.3) is 5.91 Å². The van der Waals surface area contributed by atoms with Gasteiger partial charge in [-0.3, -0.25) is 4.79 Å². The lowest BCUT2D eigenvalue weighted by Gasteiger charge is -2.36. The molecule has 8 heteroatoms. The lowest BCUT2D eigenvalue weighted by Crippen LogP contribution is -2.46. The second-order valence-electron chi connectivity index (χ2n) is 9.04. The van der Waals surface area contributed by atoms with E-state index in [0.717, 1.165) is 48.6 Å². The van der Waals surface area contributed by atoms with Crippen LogP contribution in [-0.4, -0.2) is 57.3 Å². The van der Waals surface area contributed by atoms with Crippen molar-refractivity contribution < 1.29 is 9.53 Å². The first-order chi connectivity index (χ1) is 17.1. The Morgan fingerprint density at radius 3 is 2.60 bits per heavy atom. The maximum atomic E-state index is 12.8. The van der Waals surface area contributed by atoms with Crippen LogP contribution in [0, 0.1) is 0 Å². The van der Waals surface area contributed by atoms with Crippen molar-refractivity contribution in [3.63, 3.8) is 0 Å². The third-order valence-electron chi connectivity index (χ3n) is 6.11. The smallest absolute Gasteiger partial charge is 0.251 e. The minimum absolute atomic E-state index is 0.111. The number of rotatable bonds is 7. The number of ether oxygens (including phenoxy) is 1. The highest BCUT2D eigenvalue weighted by atomic mass is 16.5. The van der Waals surface area contributed by atoms with E-state index in [2.05, 4.69) is 29.0 Å². The average molecular weight is 471 g/mol. The van der Waals surface area contributed by atoms with E-state index in [1.165, 1.54) is 0 Å². The molecule has 1 aliphatic rings. The summed E-state index contributed by atoms with van der Waals surface area (Å²) in [5.74, 6) is 0.739. The zero-order valence-corrected chi connectivity index (χ0v) is 20.1. The summed E-state index contributed by atoms with van der Waals surface area (Å²) < 4.78 is 7.93. The Hall–Kier alpha value is -3.78. The normalized spacial score (nSPS) is 18.1. The van der Waals surface area contributed by atoms with Crippen molar-refractivity contribution in [2.75, 3.05) is 24.5 Å². The van der Waals surface area contributed by atoms with Crippen LogP contribution in [-0.2, 0) is 11.3 Å². The highest BCUT2D eigenvalue weighted by Gasteiger charge is 2.26.